The molecule has 0 aliphatic rings. The summed E-state index contributed by atoms with van der Waals surface area (Å²) in [6.07, 6.45) is -2.14. The van der Waals surface area contributed by atoms with Crippen LogP contribution in [0.2, 0.25) is 0 Å². The highest BCUT2D eigenvalue weighted by Gasteiger charge is 1.96. The lowest BCUT2D eigenvalue weighted by atomic mass is 10.7. The Balaban J connectivity index is 4.07. The Kier molecular flexibility index (Phi) is 2.31. The molecular formula is C3ClF2N. The van der Waals surface area contributed by atoms with Crippen molar-refractivity contribution < 1.29 is 8.78 Å². The maximum Gasteiger partial charge on any atom is 0.299 e. The molecule has 0 rings (SSSR count). The van der Waals surface area contributed by atoms with Crippen LogP contribution in [0.5, 0.6) is 0 Å². The molecule has 0 aromatic rings. The second-order valence-corrected chi connectivity index (χ2v) is 1.06. The third-order valence-electron chi connectivity index (χ3n) is 0.264. The molecule has 0 bridgehead atoms. The number of hydrogen-bond acceptors (Lipinski definition) is 1. The van der Waals surface area contributed by atoms with Crippen molar-refractivity contribution in [2.45, 2.75) is 0 Å². The van der Waals surface area contributed by atoms with Crippen LogP contribution in [0.3, 0.4) is 0 Å². The monoisotopic (exact) mass is 123 g/mol. The molecule has 0 saturated heterocycles. The van der Waals surface area contributed by atoms with E-state index in [-0.39, 0.29) is 0 Å². The van der Waals surface area contributed by atoms with Gasteiger partial charge in [-0.25, -0.2) is 0 Å². The van der Waals surface area contributed by atoms with Gasteiger partial charge in [0, 0.05) is 0 Å². The SMILES string of the molecule is N#CC(Cl)=C(F)F. The third-order valence-corrected chi connectivity index (χ3v) is 0.491. The summed E-state index contributed by atoms with van der Waals surface area (Å²) < 4.78 is 21.9. The van der Waals surface area contributed by atoms with Crippen LogP contribution in [-0.2, 0) is 0 Å². The summed E-state index contributed by atoms with van der Waals surface area (Å²) in [7, 11) is 0. The van der Waals surface area contributed by atoms with Gasteiger partial charge in [0.25, 0.3) is 6.08 Å². The van der Waals surface area contributed by atoms with Crippen LogP contribution in [0, 0.1) is 11.3 Å². The zero-order chi connectivity index (χ0) is 5.86. The standard InChI is InChI=1S/C3ClF2N/c4-2(1-7)3(5)6. The molecule has 0 spiro atoms. The Labute approximate surface area is 43.8 Å². The molecule has 0 aliphatic carbocycles. The lowest BCUT2D eigenvalue weighted by molar-refractivity contribution is 0.420. The van der Waals surface area contributed by atoms with Crippen LogP contribution in [0.1, 0.15) is 0 Å². The Morgan fingerprint density at radius 1 is 1.57 bits per heavy atom. The first-order valence-electron chi connectivity index (χ1n) is 1.29. The van der Waals surface area contributed by atoms with Crippen molar-refractivity contribution in [3.63, 3.8) is 0 Å². The summed E-state index contributed by atoms with van der Waals surface area (Å²) in [6, 6.07) is 1.06. The fourth-order valence-corrected chi connectivity index (χ4v) is 0.0423. The highest BCUT2D eigenvalue weighted by molar-refractivity contribution is 6.31. The molecule has 0 N–H and O–H groups in total. The Bertz CT molecular complexity index is 130. The first kappa shape index (κ1) is 6.38. The van der Waals surface area contributed by atoms with Crippen molar-refractivity contribution in [1.82, 2.24) is 0 Å². The fraction of sp³-hybridized carbons (Fsp3) is 0. The van der Waals surface area contributed by atoms with E-state index in [4.69, 9.17) is 5.26 Å². The zero-order valence-corrected chi connectivity index (χ0v) is 3.84. The summed E-state index contributed by atoms with van der Waals surface area (Å²) in [4.78, 5) is 0. The summed E-state index contributed by atoms with van der Waals surface area (Å²) in [5.41, 5.74) is 0. The smallest absolute Gasteiger partial charge is 0.191 e. The van der Waals surface area contributed by atoms with E-state index in [1.165, 1.54) is 0 Å². The predicted molar refractivity (Wildman–Crippen MR) is 20.7 cm³/mol. The molecule has 0 radical (unpaired) electrons. The molecule has 0 saturated carbocycles. The van der Waals surface area contributed by atoms with Crippen molar-refractivity contribution in [1.29, 1.82) is 5.26 Å². The summed E-state index contributed by atoms with van der Waals surface area (Å²) >= 11 is 4.57. The molecule has 38 valence electrons. The fourth-order valence-electron chi connectivity index (χ4n) is 0.0423. The van der Waals surface area contributed by atoms with Crippen molar-refractivity contribution in [3.8, 4) is 6.07 Å². The number of halogens is 3. The van der Waals surface area contributed by atoms with E-state index >= 15 is 0 Å². The second-order valence-electron chi connectivity index (χ2n) is 0.686. The molecule has 0 heterocycles. The molecule has 0 amide bonds. The average molecular weight is 123 g/mol. The van der Waals surface area contributed by atoms with Crippen molar-refractivity contribution in [2.75, 3.05) is 0 Å². The van der Waals surface area contributed by atoms with Gasteiger partial charge in [-0.3, -0.25) is 0 Å². The van der Waals surface area contributed by atoms with Crippen LogP contribution in [0.25, 0.3) is 0 Å². The normalized spacial score (nSPS) is 7.14. The van der Waals surface area contributed by atoms with E-state index in [9.17, 15) is 8.78 Å². The lowest BCUT2D eigenvalue weighted by Gasteiger charge is -1.72. The molecule has 0 aromatic heterocycles. The minimum absolute atomic E-state index is 1.04. The Morgan fingerprint density at radius 2 is 2.00 bits per heavy atom. The highest BCUT2D eigenvalue weighted by atomic mass is 35.5. The van der Waals surface area contributed by atoms with Crippen LogP contribution < -0.4 is 0 Å². The minimum atomic E-state index is -2.14. The van der Waals surface area contributed by atoms with Gasteiger partial charge in [0.05, 0.1) is 0 Å². The van der Waals surface area contributed by atoms with E-state index in [1.54, 1.807) is 0 Å². The summed E-state index contributed by atoms with van der Waals surface area (Å²) in [6.45, 7) is 0. The molecular weight excluding hydrogens is 123 g/mol. The van der Waals surface area contributed by atoms with Gasteiger partial charge < -0.3 is 0 Å². The van der Waals surface area contributed by atoms with Crippen LogP contribution >= 0.6 is 11.6 Å². The van der Waals surface area contributed by atoms with E-state index < -0.39 is 11.1 Å². The third kappa shape index (κ3) is 2.12. The summed E-state index contributed by atoms with van der Waals surface area (Å²) in [5.74, 6) is 0. The molecule has 0 aliphatic heterocycles. The highest BCUT2D eigenvalue weighted by Crippen LogP contribution is 2.09. The maximum atomic E-state index is 11.0. The van der Waals surface area contributed by atoms with Crippen LogP contribution in [-0.4, -0.2) is 0 Å². The van der Waals surface area contributed by atoms with Gasteiger partial charge in [0.15, 0.2) is 5.03 Å². The molecule has 1 nitrogen and oxygen atoms in total. The zero-order valence-electron chi connectivity index (χ0n) is 3.08. The number of nitrogens with zero attached hydrogens (tertiary/aromatic N) is 1. The minimum Gasteiger partial charge on any atom is -0.191 e. The average Bonchev–Trinajstić information content (AvgIpc) is 1.65. The number of rotatable bonds is 0. The molecule has 0 atom stereocenters. The Morgan fingerprint density at radius 3 is 2.00 bits per heavy atom. The molecule has 4 heteroatoms. The van der Waals surface area contributed by atoms with Gasteiger partial charge in [-0.2, -0.15) is 14.0 Å². The number of allylic oxidation sites excluding steroid dienone is 1. The lowest BCUT2D eigenvalue weighted by Crippen LogP contribution is -1.62. The molecule has 7 heavy (non-hydrogen) atoms. The molecule has 0 aromatic carbocycles. The Hall–Kier alpha value is -0.620. The van der Waals surface area contributed by atoms with E-state index in [0.717, 1.165) is 6.07 Å². The predicted octanol–water partition coefficient (Wildman–Crippen LogP) is 1.86. The van der Waals surface area contributed by atoms with Crippen molar-refractivity contribution in [2.24, 2.45) is 0 Å². The van der Waals surface area contributed by atoms with Gasteiger partial charge in [-0.15, -0.1) is 0 Å². The van der Waals surface area contributed by atoms with E-state index in [1.807, 2.05) is 0 Å². The number of hydrogen-bond donors (Lipinski definition) is 0. The second kappa shape index (κ2) is 2.54. The largest absolute Gasteiger partial charge is 0.299 e. The van der Waals surface area contributed by atoms with Crippen LogP contribution in [0.4, 0.5) is 8.78 Å². The van der Waals surface area contributed by atoms with E-state index in [0.29, 0.717) is 0 Å². The molecule has 0 unspecified atom stereocenters. The summed E-state index contributed by atoms with van der Waals surface area (Å²) in [5, 5.41) is 6.54. The van der Waals surface area contributed by atoms with Gasteiger partial charge >= 0.3 is 0 Å². The quantitative estimate of drug-likeness (QED) is 0.451. The van der Waals surface area contributed by atoms with Crippen molar-refractivity contribution >= 4 is 11.6 Å². The first-order valence-corrected chi connectivity index (χ1v) is 1.67. The van der Waals surface area contributed by atoms with Gasteiger partial charge in [-0.05, 0) is 0 Å². The van der Waals surface area contributed by atoms with Gasteiger partial charge in [-0.1, -0.05) is 11.6 Å². The van der Waals surface area contributed by atoms with Crippen molar-refractivity contribution in [3.05, 3.63) is 11.1 Å². The topological polar surface area (TPSA) is 23.8 Å². The van der Waals surface area contributed by atoms with Crippen LogP contribution in [0.15, 0.2) is 11.1 Å². The van der Waals surface area contributed by atoms with Gasteiger partial charge in [0.1, 0.15) is 6.07 Å². The van der Waals surface area contributed by atoms with E-state index in [2.05, 4.69) is 11.6 Å². The number of nitriles is 1. The molecule has 0 fully saturated rings. The first-order chi connectivity index (χ1) is 3.18. The van der Waals surface area contributed by atoms with Gasteiger partial charge in [0.2, 0.25) is 0 Å². The maximum absolute atomic E-state index is 11.0.